The summed E-state index contributed by atoms with van der Waals surface area (Å²) in [5, 5.41) is 3.13. The zero-order chi connectivity index (χ0) is 28.8. The molecule has 0 bridgehead atoms. The second-order valence-corrected chi connectivity index (χ2v) is 10.6. The van der Waals surface area contributed by atoms with E-state index in [1.807, 2.05) is 30.3 Å². The lowest BCUT2D eigenvalue weighted by Crippen LogP contribution is -2.48. The summed E-state index contributed by atoms with van der Waals surface area (Å²) in [5.74, 6) is -0.465. The molecule has 3 aromatic carbocycles. The van der Waals surface area contributed by atoms with Crippen LogP contribution < -0.4 is 5.32 Å². The van der Waals surface area contributed by atoms with E-state index >= 15 is 0 Å². The highest BCUT2D eigenvalue weighted by atomic mass is 19.4. The van der Waals surface area contributed by atoms with E-state index in [9.17, 15) is 22.8 Å². The SMILES string of the molecule is CCOC(=O)CC(C)(CN1CCC(NC(=O)c2ccccc2-c2ccc(C(F)(F)F)cc2)CC1)c1ccccc1. The molecule has 8 heteroatoms. The van der Waals surface area contributed by atoms with Crippen LogP contribution in [0.2, 0.25) is 0 Å². The molecule has 1 amide bonds. The van der Waals surface area contributed by atoms with Crippen molar-refractivity contribution in [3.05, 3.63) is 95.6 Å². The van der Waals surface area contributed by atoms with Crippen LogP contribution in [0.15, 0.2) is 78.9 Å². The molecule has 3 aromatic rings. The summed E-state index contributed by atoms with van der Waals surface area (Å²) in [5.41, 5.74) is 1.51. The van der Waals surface area contributed by atoms with Crippen molar-refractivity contribution in [2.75, 3.05) is 26.2 Å². The van der Waals surface area contributed by atoms with E-state index < -0.39 is 17.2 Å². The summed E-state index contributed by atoms with van der Waals surface area (Å²) in [6, 6.07) is 21.8. The van der Waals surface area contributed by atoms with Gasteiger partial charge in [-0.05, 0) is 54.7 Å². The first-order chi connectivity index (χ1) is 19.1. The highest BCUT2D eigenvalue weighted by Gasteiger charge is 2.34. The molecule has 1 aliphatic rings. The van der Waals surface area contributed by atoms with Crippen molar-refractivity contribution < 1.29 is 27.5 Å². The number of nitrogens with zero attached hydrogens (tertiary/aromatic N) is 1. The fourth-order valence-corrected chi connectivity index (χ4v) is 5.38. The molecule has 0 aromatic heterocycles. The second kappa shape index (κ2) is 12.7. The first-order valence-electron chi connectivity index (χ1n) is 13.6. The molecule has 1 aliphatic heterocycles. The van der Waals surface area contributed by atoms with Gasteiger partial charge in [0, 0.05) is 36.7 Å². The number of nitrogens with one attached hydrogen (secondary N) is 1. The van der Waals surface area contributed by atoms with Crippen LogP contribution in [0.1, 0.15) is 54.6 Å². The summed E-state index contributed by atoms with van der Waals surface area (Å²) in [6.07, 6.45) is -2.64. The third-order valence-corrected chi connectivity index (χ3v) is 7.50. The third kappa shape index (κ3) is 7.30. The Morgan fingerprint density at radius 3 is 2.15 bits per heavy atom. The third-order valence-electron chi connectivity index (χ3n) is 7.50. The second-order valence-electron chi connectivity index (χ2n) is 10.6. The van der Waals surface area contributed by atoms with Gasteiger partial charge in [0.15, 0.2) is 0 Å². The summed E-state index contributed by atoms with van der Waals surface area (Å²) in [4.78, 5) is 28.0. The predicted octanol–water partition coefficient (Wildman–Crippen LogP) is 6.48. The number of ether oxygens (including phenoxy) is 1. The fraction of sp³-hybridized carbons (Fsp3) is 0.375. The zero-order valence-corrected chi connectivity index (χ0v) is 22.8. The molecule has 0 saturated carbocycles. The van der Waals surface area contributed by atoms with Gasteiger partial charge in [0.2, 0.25) is 0 Å². The number of amides is 1. The number of benzene rings is 3. The van der Waals surface area contributed by atoms with E-state index in [2.05, 4.69) is 17.1 Å². The van der Waals surface area contributed by atoms with Crippen LogP contribution in [0.3, 0.4) is 0 Å². The first kappa shape index (κ1) is 29.3. The smallest absolute Gasteiger partial charge is 0.416 e. The Bertz CT molecular complexity index is 1290. The van der Waals surface area contributed by atoms with E-state index in [0.717, 1.165) is 43.6 Å². The van der Waals surface area contributed by atoms with Gasteiger partial charge in [0.25, 0.3) is 5.91 Å². The van der Waals surface area contributed by atoms with Gasteiger partial charge in [0.05, 0.1) is 18.6 Å². The summed E-state index contributed by atoms with van der Waals surface area (Å²) in [7, 11) is 0. The molecule has 40 heavy (non-hydrogen) atoms. The van der Waals surface area contributed by atoms with Crippen LogP contribution in [-0.4, -0.2) is 49.1 Å². The van der Waals surface area contributed by atoms with Crippen LogP contribution in [0.25, 0.3) is 11.1 Å². The monoisotopic (exact) mass is 552 g/mol. The van der Waals surface area contributed by atoms with E-state index in [4.69, 9.17) is 4.74 Å². The van der Waals surface area contributed by atoms with Gasteiger partial charge in [-0.3, -0.25) is 9.59 Å². The fourth-order valence-electron chi connectivity index (χ4n) is 5.38. The number of carbonyl (C=O) groups excluding carboxylic acids is 2. The molecule has 5 nitrogen and oxygen atoms in total. The van der Waals surface area contributed by atoms with Crippen molar-refractivity contribution in [2.45, 2.75) is 50.7 Å². The zero-order valence-electron chi connectivity index (χ0n) is 22.8. The van der Waals surface area contributed by atoms with Crippen molar-refractivity contribution in [3.63, 3.8) is 0 Å². The van der Waals surface area contributed by atoms with E-state index in [1.165, 1.54) is 12.1 Å². The van der Waals surface area contributed by atoms with Gasteiger partial charge in [-0.25, -0.2) is 0 Å². The standard InChI is InChI=1S/C32H35F3N2O3/c1-3-40-29(38)21-31(2,24-9-5-4-6-10-24)22-37-19-17-26(18-20-37)36-30(39)28-12-8-7-11-27(28)23-13-15-25(16-14-23)32(33,34)35/h4-16,26H,3,17-22H2,1-2H3,(H,36,39). The average Bonchev–Trinajstić information content (AvgIpc) is 2.94. The van der Waals surface area contributed by atoms with Crippen molar-refractivity contribution in [3.8, 4) is 11.1 Å². The molecule has 4 rings (SSSR count). The van der Waals surface area contributed by atoms with Gasteiger partial charge in [-0.15, -0.1) is 0 Å². The number of hydrogen-bond acceptors (Lipinski definition) is 4. The van der Waals surface area contributed by atoms with Gasteiger partial charge in [-0.2, -0.15) is 13.2 Å². The Morgan fingerprint density at radius 1 is 0.900 bits per heavy atom. The summed E-state index contributed by atoms with van der Waals surface area (Å²) >= 11 is 0. The summed E-state index contributed by atoms with van der Waals surface area (Å²) < 4.78 is 44.2. The van der Waals surface area contributed by atoms with Crippen LogP contribution in [0, 0.1) is 0 Å². The minimum atomic E-state index is -4.42. The van der Waals surface area contributed by atoms with Crippen molar-refractivity contribution in [2.24, 2.45) is 0 Å². The molecule has 1 N–H and O–H groups in total. The lowest BCUT2D eigenvalue weighted by molar-refractivity contribution is -0.144. The number of rotatable bonds is 9. The molecular formula is C32H35F3N2O3. The van der Waals surface area contributed by atoms with Crippen LogP contribution in [-0.2, 0) is 21.1 Å². The molecule has 1 atom stereocenters. The number of halogens is 3. The Morgan fingerprint density at radius 2 is 1.52 bits per heavy atom. The lowest BCUT2D eigenvalue weighted by Gasteiger charge is -2.39. The first-order valence-corrected chi connectivity index (χ1v) is 13.6. The highest BCUT2D eigenvalue weighted by Crippen LogP contribution is 2.33. The lowest BCUT2D eigenvalue weighted by atomic mass is 9.78. The number of likely N-dealkylation sites (tertiary alicyclic amines) is 1. The Labute approximate surface area is 233 Å². The molecule has 0 aliphatic carbocycles. The Kier molecular flexibility index (Phi) is 9.30. The molecule has 0 spiro atoms. The van der Waals surface area contributed by atoms with Crippen LogP contribution in [0.4, 0.5) is 13.2 Å². The highest BCUT2D eigenvalue weighted by molar-refractivity contribution is 6.01. The Balaban J connectivity index is 1.39. The maximum absolute atomic E-state index is 13.3. The molecule has 0 radical (unpaired) electrons. The minimum absolute atomic E-state index is 0.0301. The Hall–Kier alpha value is -3.65. The number of piperidine rings is 1. The molecule has 1 saturated heterocycles. The molecule has 212 valence electrons. The maximum atomic E-state index is 13.3. The van der Waals surface area contributed by atoms with E-state index in [-0.39, 0.29) is 24.3 Å². The van der Waals surface area contributed by atoms with Crippen molar-refractivity contribution in [1.29, 1.82) is 0 Å². The van der Waals surface area contributed by atoms with Gasteiger partial charge in [-0.1, -0.05) is 67.6 Å². The van der Waals surface area contributed by atoms with Gasteiger partial charge >= 0.3 is 12.1 Å². The number of alkyl halides is 3. The van der Waals surface area contributed by atoms with Gasteiger partial charge in [0.1, 0.15) is 0 Å². The largest absolute Gasteiger partial charge is 0.466 e. The topological polar surface area (TPSA) is 58.6 Å². The molecular weight excluding hydrogens is 517 g/mol. The minimum Gasteiger partial charge on any atom is -0.466 e. The molecule has 1 heterocycles. The van der Waals surface area contributed by atoms with Crippen LogP contribution >= 0.6 is 0 Å². The van der Waals surface area contributed by atoms with Crippen molar-refractivity contribution in [1.82, 2.24) is 10.2 Å². The quantitative estimate of drug-likeness (QED) is 0.309. The predicted molar refractivity (Wildman–Crippen MR) is 149 cm³/mol. The number of esters is 1. The van der Waals surface area contributed by atoms with Crippen molar-refractivity contribution >= 4 is 11.9 Å². The number of hydrogen-bond donors (Lipinski definition) is 1. The summed E-state index contributed by atoms with van der Waals surface area (Å²) in [6.45, 7) is 6.45. The average molecular weight is 553 g/mol. The molecule has 1 fully saturated rings. The maximum Gasteiger partial charge on any atom is 0.416 e. The number of carbonyl (C=O) groups is 2. The normalized spacial score (nSPS) is 16.2. The van der Waals surface area contributed by atoms with E-state index in [1.54, 1.807) is 31.2 Å². The van der Waals surface area contributed by atoms with Gasteiger partial charge < -0.3 is 15.0 Å². The molecule has 1 unspecified atom stereocenters. The van der Waals surface area contributed by atoms with Crippen LogP contribution in [0.5, 0.6) is 0 Å². The van der Waals surface area contributed by atoms with E-state index in [0.29, 0.717) is 29.8 Å².